The molecule has 5 rings (SSSR count). The van der Waals surface area contributed by atoms with Crippen LogP contribution >= 0.6 is 0 Å². The number of hydrogen-bond donors (Lipinski definition) is 2. The number of rotatable bonds is 6. The third-order valence-electron chi connectivity index (χ3n) is 7.64. The van der Waals surface area contributed by atoms with E-state index in [0.717, 1.165) is 11.3 Å². The number of ether oxygens (including phenoxy) is 2. The maximum Gasteiger partial charge on any atom is 0.414 e. The number of benzene rings is 2. The van der Waals surface area contributed by atoms with Crippen molar-refractivity contribution < 1.29 is 29.0 Å². The zero-order chi connectivity index (χ0) is 25.0. The first-order valence-electron chi connectivity index (χ1n) is 12.1. The first kappa shape index (κ1) is 24.0. The highest BCUT2D eigenvalue weighted by Crippen LogP contribution is 2.60. The highest BCUT2D eigenvalue weighted by atomic mass is 28.4. The lowest BCUT2D eigenvalue weighted by molar-refractivity contribution is -0.146. The van der Waals surface area contributed by atoms with Gasteiger partial charge in [-0.1, -0.05) is 37.3 Å². The standard InChI is InChI=1S/C26H32N2O6Si/c1-17-23(35(2,3)32)22(11-13-29)34-26(17)20-15-19(27-12-14-33-25(27)31)9-10-21(20)28(24(26)30)16-18-7-5-4-6-8-18/h4-10,15,17,22-23,29,32H,11-14,16H2,1-3H3/t17-,22+,23-,26+/m0/s1. The molecule has 3 heterocycles. The van der Waals surface area contributed by atoms with Crippen LogP contribution in [0.1, 0.15) is 24.5 Å². The van der Waals surface area contributed by atoms with Crippen LogP contribution in [0.15, 0.2) is 48.5 Å². The van der Waals surface area contributed by atoms with Crippen LogP contribution in [0.25, 0.3) is 0 Å². The predicted molar refractivity (Wildman–Crippen MR) is 134 cm³/mol. The molecule has 0 saturated carbocycles. The average Bonchev–Trinajstić information content (AvgIpc) is 3.44. The Morgan fingerprint density at radius 3 is 2.51 bits per heavy atom. The van der Waals surface area contributed by atoms with E-state index >= 15 is 0 Å². The number of amides is 2. The van der Waals surface area contributed by atoms with Gasteiger partial charge in [0.15, 0.2) is 13.9 Å². The Labute approximate surface area is 206 Å². The lowest BCUT2D eigenvalue weighted by Crippen LogP contribution is -2.46. The van der Waals surface area contributed by atoms with E-state index in [0.29, 0.717) is 37.4 Å². The van der Waals surface area contributed by atoms with E-state index < -0.39 is 26.1 Å². The number of fused-ring (bicyclic) bond motifs is 2. The second-order valence-corrected chi connectivity index (χ2v) is 14.2. The summed E-state index contributed by atoms with van der Waals surface area (Å²) in [6, 6.07) is 15.4. The molecular formula is C26H32N2O6Si. The normalized spacial score (nSPS) is 28.2. The molecule has 0 unspecified atom stereocenters. The van der Waals surface area contributed by atoms with Crippen LogP contribution in [0.3, 0.4) is 0 Å². The summed E-state index contributed by atoms with van der Waals surface area (Å²) in [5.74, 6) is -0.493. The summed E-state index contributed by atoms with van der Waals surface area (Å²) in [5.41, 5.74) is 1.53. The second-order valence-electron chi connectivity index (χ2n) is 10.2. The van der Waals surface area contributed by atoms with Crippen molar-refractivity contribution >= 4 is 31.7 Å². The highest BCUT2D eigenvalue weighted by molar-refractivity contribution is 6.71. The number of cyclic esters (lactones) is 1. The van der Waals surface area contributed by atoms with E-state index in [-0.39, 0.29) is 24.0 Å². The Hall–Kier alpha value is -2.72. The monoisotopic (exact) mass is 496 g/mol. The molecule has 2 amide bonds. The Balaban J connectivity index is 1.65. The van der Waals surface area contributed by atoms with Crippen LogP contribution < -0.4 is 9.80 Å². The molecule has 9 heteroatoms. The fraction of sp³-hybridized carbons (Fsp3) is 0.462. The number of aliphatic hydroxyl groups excluding tert-OH is 1. The van der Waals surface area contributed by atoms with Crippen molar-refractivity contribution in [2.45, 2.75) is 50.2 Å². The summed E-state index contributed by atoms with van der Waals surface area (Å²) >= 11 is 0. The molecule has 0 aromatic heterocycles. The van der Waals surface area contributed by atoms with Gasteiger partial charge in [-0.3, -0.25) is 9.69 Å². The van der Waals surface area contributed by atoms with Gasteiger partial charge in [-0.15, -0.1) is 0 Å². The van der Waals surface area contributed by atoms with Gasteiger partial charge in [0.1, 0.15) is 6.61 Å². The van der Waals surface area contributed by atoms with Crippen molar-refractivity contribution in [3.05, 3.63) is 59.7 Å². The van der Waals surface area contributed by atoms with Gasteiger partial charge in [-0.25, -0.2) is 4.79 Å². The van der Waals surface area contributed by atoms with Gasteiger partial charge in [0.05, 0.1) is 24.9 Å². The molecule has 0 bridgehead atoms. The van der Waals surface area contributed by atoms with Gasteiger partial charge >= 0.3 is 6.09 Å². The number of aliphatic hydroxyl groups is 1. The zero-order valence-corrected chi connectivity index (χ0v) is 21.3. The number of carbonyl (C=O) groups is 2. The molecule has 0 radical (unpaired) electrons. The minimum atomic E-state index is -2.77. The Morgan fingerprint density at radius 1 is 1.14 bits per heavy atom. The van der Waals surface area contributed by atoms with Gasteiger partial charge < -0.3 is 24.3 Å². The molecular weight excluding hydrogens is 464 g/mol. The molecule has 2 aromatic carbocycles. The maximum absolute atomic E-state index is 14.3. The van der Waals surface area contributed by atoms with Gasteiger partial charge in [0.2, 0.25) is 0 Å². The van der Waals surface area contributed by atoms with E-state index in [1.165, 1.54) is 0 Å². The van der Waals surface area contributed by atoms with Crippen molar-refractivity contribution in [2.24, 2.45) is 5.92 Å². The summed E-state index contributed by atoms with van der Waals surface area (Å²) < 4.78 is 11.8. The molecule has 4 atom stereocenters. The molecule has 2 fully saturated rings. The van der Waals surface area contributed by atoms with Crippen LogP contribution in [0.5, 0.6) is 0 Å². The van der Waals surface area contributed by atoms with Crippen LogP contribution in [-0.4, -0.2) is 56.1 Å². The number of nitrogens with zero attached hydrogens (tertiary/aromatic N) is 2. The largest absolute Gasteiger partial charge is 0.447 e. The van der Waals surface area contributed by atoms with Crippen molar-refractivity contribution in [1.82, 2.24) is 0 Å². The molecule has 2 aromatic rings. The molecule has 186 valence electrons. The summed E-state index contributed by atoms with van der Waals surface area (Å²) in [5, 5.41) is 9.75. The van der Waals surface area contributed by atoms with Gasteiger partial charge in [0.25, 0.3) is 5.91 Å². The SMILES string of the molecule is C[C@H]1[C@H]([Si](C)(C)O)[C@@H](CCO)O[C@]12C(=O)N(Cc1ccccc1)c1ccc(N3CCOC3=O)cc12. The summed E-state index contributed by atoms with van der Waals surface area (Å²) in [4.78, 5) is 41.1. The topological polar surface area (TPSA) is 99.5 Å². The Morgan fingerprint density at radius 2 is 1.89 bits per heavy atom. The minimum Gasteiger partial charge on any atom is -0.447 e. The number of carbonyl (C=O) groups excluding carboxylic acids is 2. The van der Waals surface area contributed by atoms with Crippen molar-refractivity contribution in [3.63, 3.8) is 0 Å². The fourth-order valence-electron chi connectivity index (χ4n) is 6.18. The summed E-state index contributed by atoms with van der Waals surface area (Å²) in [6.07, 6.45) is -0.520. The molecule has 1 spiro atoms. The first-order chi connectivity index (χ1) is 16.7. The van der Waals surface area contributed by atoms with E-state index in [4.69, 9.17) is 9.47 Å². The van der Waals surface area contributed by atoms with Gasteiger partial charge in [-0.2, -0.15) is 0 Å². The first-order valence-corrected chi connectivity index (χ1v) is 15.2. The van der Waals surface area contributed by atoms with Crippen molar-refractivity contribution in [3.8, 4) is 0 Å². The Bertz CT molecular complexity index is 1140. The molecule has 2 saturated heterocycles. The van der Waals surface area contributed by atoms with Crippen LogP contribution in [0.4, 0.5) is 16.2 Å². The van der Waals surface area contributed by atoms with E-state index in [1.54, 1.807) is 9.80 Å². The molecule has 3 aliphatic rings. The second kappa shape index (κ2) is 8.74. The van der Waals surface area contributed by atoms with Crippen LogP contribution in [-0.2, 0) is 26.4 Å². The van der Waals surface area contributed by atoms with E-state index in [1.807, 2.05) is 68.5 Å². The lowest BCUT2D eigenvalue weighted by atomic mass is 9.82. The van der Waals surface area contributed by atoms with Crippen molar-refractivity contribution in [1.29, 1.82) is 0 Å². The number of anilines is 2. The lowest BCUT2D eigenvalue weighted by Gasteiger charge is -2.32. The fourth-order valence-corrected chi connectivity index (χ4v) is 8.78. The van der Waals surface area contributed by atoms with E-state index in [9.17, 15) is 19.5 Å². The molecule has 35 heavy (non-hydrogen) atoms. The predicted octanol–water partition coefficient (Wildman–Crippen LogP) is 3.37. The molecule has 2 N–H and O–H groups in total. The van der Waals surface area contributed by atoms with Crippen LogP contribution in [0.2, 0.25) is 18.6 Å². The Kier molecular flexibility index (Phi) is 5.99. The van der Waals surface area contributed by atoms with Crippen molar-refractivity contribution in [2.75, 3.05) is 29.6 Å². The third kappa shape index (κ3) is 3.77. The molecule has 3 aliphatic heterocycles. The van der Waals surface area contributed by atoms with E-state index in [2.05, 4.69) is 0 Å². The summed E-state index contributed by atoms with van der Waals surface area (Å²) in [7, 11) is -2.77. The third-order valence-corrected chi connectivity index (χ3v) is 10.1. The molecule has 0 aliphatic carbocycles. The average molecular weight is 497 g/mol. The van der Waals surface area contributed by atoms with Gasteiger partial charge in [-0.05, 0) is 43.3 Å². The number of hydrogen-bond acceptors (Lipinski definition) is 6. The van der Waals surface area contributed by atoms with Gasteiger partial charge in [0, 0.05) is 29.3 Å². The van der Waals surface area contributed by atoms with Crippen LogP contribution in [0, 0.1) is 5.92 Å². The highest BCUT2D eigenvalue weighted by Gasteiger charge is 2.66. The smallest absolute Gasteiger partial charge is 0.414 e. The summed E-state index contributed by atoms with van der Waals surface area (Å²) in [6.45, 7) is 6.73. The minimum absolute atomic E-state index is 0.0944. The zero-order valence-electron chi connectivity index (χ0n) is 20.3. The maximum atomic E-state index is 14.3. The quantitative estimate of drug-likeness (QED) is 0.595. The molecule has 8 nitrogen and oxygen atoms in total.